The molecule has 0 aliphatic heterocycles. The van der Waals surface area contributed by atoms with Crippen molar-refractivity contribution in [3.63, 3.8) is 0 Å². The lowest BCUT2D eigenvalue weighted by atomic mass is 10.1. The normalized spacial score (nSPS) is 11.4. The van der Waals surface area contributed by atoms with Gasteiger partial charge in [0.2, 0.25) is 0 Å². The zero-order valence-corrected chi connectivity index (χ0v) is 17.4. The molecule has 0 N–H and O–H groups in total. The minimum atomic E-state index is 0.328. The molecule has 0 spiro atoms. The summed E-state index contributed by atoms with van der Waals surface area (Å²) in [7, 11) is 1.61. The average molecular weight is 418 g/mol. The van der Waals surface area contributed by atoms with Crippen LogP contribution in [0.3, 0.4) is 0 Å². The van der Waals surface area contributed by atoms with E-state index in [1.165, 1.54) is 16.9 Å². The molecule has 0 unspecified atom stereocenters. The van der Waals surface area contributed by atoms with E-state index in [4.69, 9.17) is 16.3 Å². The number of aryl methyl sites for hydroxylation is 1. The highest BCUT2D eigenvalue weighted by Crippen LogP contribution is 2.30. The molecule has 6 heteroatoms. The molecule has 142 valence electrons. The Bertz CT molecular complexity index is 1270. The number of pyridine rings is 1. The molecule has 4 nitrogen and oxygen atoms in total. The third-order valence-electron chi connectivity index (χ3n) is 4.51. The van der Waals surface area contributed by atoms with Gasteiger partial charge in [0.15, 0.2) is 0 Å². The quantitative estimate of drug-likeness (QED) is 0.285. The van der Waals surface area contributed by atoms with Crippen molar-refractivity contribution in [3.05, 3.63) is 75.2 Å². The van der Waals surface area contributed by atoms with Crippen LogP contribution >= 0.6 is 22.9 Å². The van der Waals surface area contributed by atoms with E-state index in [1.54, 1.807) is 13.2 Å². The van der Waals surface area contributed by atoms with Crippen molar-refractivity contribution in [2.75, 3.05) is 7.11 Å². The van der Waals surface area contributed by atoms with Crippen LogP contribution in [-0.4, -0.2) is 17.1 Å². The zero-order valence-electron chi connectivity index (χ0n) is 15.8. The third-order valence-corrected chi connectivity index (χ3v) is 5.69. The molecule has 0 aliphatic carbocycles. The fourth-order valence-electron chi connectivity index (χ4n) is 2.92. The molecule has 29 heavy (non-hydrogen) atoms. The van der Waals surface area contributed by atoms with Gasteiger partial charge in [-0.1, -0.05) is 41.4 Å². The number of aromatic nitrogens is 2. The van der Waals surface area contributed by atoms with Crippen LogP contribution in [0.2, 0.25) is 5.15 Å². The molecule has 0 atom stereocenters. The number of nitriles is 1. The first-order valence-corrected chi connectivity index (χ1v) is 10.1. The van der Waals surface area contributed by atoms with E-state index in [2.05, 4.69) is 16.0 Å². The van der Waals surface area contributed by atoms with E-state index in [1.807, 2.05) is 60.8 Å². The number of hydrogen-bond donors (Lipinski definition) is 0. The number of hydrogen-bond acceptors (Lipinski definition) is 5. The van der Waals surface area contributed by atoms with Gasteiger partial charge in [0.1, 0.15) is 22.0 Å². The summed E-state index contributed by atoms with van der Waals surface area (Å²) in [4.78, 5) is 9.08. The van der Waals surface area contributed by atoms with Gasteiger partial charge in [0.05, 0.1) is 23.9 Å². The summed E-state index contributed by atoms with van der Waals surface area (Å²) in [6, 6.07) is 17.9. The number of nitrogens with zero attached hydrogens (tertiary/aromatic N) is 3. The molecule has 0 saturated heterocycles. The zero-order chi connectivity index (χ0) is 20.4. The van der Waals surface area contributed by atoms with Gasteiger partial charge in [0, 0.05) is 28.0 Å². The summed E-state index contributed by atoms with van der Waals surface area (Å²) in [5, 5.41) is 13.5. The van der Waals surface area contributed by atoms with Crippen LogP contribution in [0.4, 0.5) is 0 Å². The predicted molar refractivity (Wildman–Crippen MR) is 119 cm³/mol. The Labute approximate surface area is 177 Å². The van der Waals surface area contributed by atoms with Crippen molar-refractivity contribution in [3.8, 4) is 23.1 Å². The SMILES string of the molecule is COc1ccc2cc(C=C(C#N)c3nc(-c4ccc(C)cc4)cs3)c(Cl)nc2c1. The van der Waals surface area contributed by atoms with E-state index >= 15 is 0 Å². The number of methoxy groups -OCH3 is 1. The second kappa shape index (κ2) is 8.04. The first-order chi connectivity index (χ1) is 14.1. The van der Waals surface area contributed by atoms with Gasteiger partial charge in [-0.25, -0.2) is 9.97 Å². The molecule has 0 saturated carbocycles. The number of thiazole rings is 1. The fourth-order valence-corrected chi connectivity index (χ4v) is 3.91. The number of ether oxygens (including phenoxy) is 1. The van der Waals surface area contributed by atoms with Gasteiger partial charge >= 0.3 is 0 Å². The van der Waals surface area contributed by atoms with E-state index in [9.17, 15) is 5.26 Å². The van der Waals surface area contributed by atoms with E-state index in [-0.39, 0.29) is 0 Å². The lowest BCUT2D eigenvalue weighted by Gasteiger charge is -2.05. The van der Waals surface area contributed by atoms with Crippen LogP contribution < -0.4 is 4.74 Å². The van der Waals surface area contributed by atoms with Crippen LogP contribution in [-0.2, 0) is 0 Å². The molecular weight excluding hydrogens is 402 g/mol. The lowest BCUT2D eigenvalue weighted by Crippen LogP contribution is -1.89. The van der Waals surface area contributed by atoms with Gasteiger partial charge in [0.25, 0.3) is 0 Å². The van der Waals surface area contributed by atoms with Crippen LogP contribution in [0, 0.1) is 18.3 Å². The Hall–Kier alpha value is -3.20. The number of allylic oxidation sites excluding steroid dienone is 1. The van der Waals surface area contributed by atoms with E-state index < -0.39 is 0 Å². The highest BCUT2D eigenvalue weighted by molar-refractivity contribution is 7.11. The maximum absolute atomic E-state index is 9.70. The number of benzene rings is 2. The summed E-state index contributed by atoms with van der Waals surface area (Å²) in [5.41, 5.74) is 4.92. The first-order valence-electron chi connectivity index (χ1n) is 8.86. The second-order valence-corrected chi connectivity index (χ2v) is 7.72. The summed E-state index contributed by atoms with van der Waals surface area (Å²) in [6.07, 6.45) is 1.73. The summed E-state index contributed by atoms with van der Waals surface area (Å²) >= 11 is 7.81. The second-order valence-electron chi connectivity index (χ2n) is 6.50. The van der Waals surface area contributed by atoms with Crippen molar-refractivity contribution in [1.82, 2.24) is 9.97 Å². The highest BCUT2D eigenvalue weighted by atomic mass is 35.5. The van der Waals surface area contributed by atoms with Crippen molar-refractivity contribution in [1.29, 1.82) is 5.26 Å². The minimum absolute atomic E-state index is 0.328. The molecular formula is C23H16ClN3OS. The van der Waals surface area contributed by atoms with E-state index in [0.717, 1.165) is 22.2 Å². The molecule has 4 aromatic rings. The summed E-state index contributed by atoms with van der Waals surface area (Å²) in [6.45, 7) is 2.05. The smallest absolute Gasteiger partial charge is 0.137 e. The topological polar surface area (TPSA) is 58.8 Å². The van der Waals surface area contributed by atoms with Gasteiger partial charge in [-0.15, -0.1) is 11.3 Å². The maximum Gasteiger partial charge on any atom is 0.137 e. The van der Waals surface area contributed by atoms with Crippen LogP contribution in [0.15, 0.2) is 53.9 Å². The van der Waals surface area contributed by atoms with Crippen molar-refractivity contribution in [2.45, 2.75) is 6.92 Å². The largest absolute Gasteiger partial charge is 0.497 e. The van der Waals surface area contributed by atoms with Crippen molar-refractivity contribution < 1.29 is 4.74 Å². The van der Waals surface area contributed by atoms with Gasteiger partial charge < -0.3 is 4.74 Å². The molecule has 0 aliphatic rings. The fraction of sp³-hybridized carbons (Fsp3) is 0.0870. The Balaban J connectivity index is 1.72. The van der Waals surface area contributed by atoms with Gasteiger partial charge in [-0.2, -0.15) is 5.26 Å². The summed E-state index contributed by atoms with van der Waals surface area (Å²) < 4.78 is 5.23. The molecule has 0 fully saturated rings. The maximum atomic E-state index is 9.70. The molecule has 2 heterocycles. The Morgan fingerprint density at radius 2 is 1.93 bits per heavy atom. The summed E-state index contributed by atoms with van der Waals surface area (Å²) in [5.74, 6) is 0.716. The molecule has 0 amide bonds. The van der Waals surface area contributed by atoms with E-state index in [0.29, 0.717) is 27.0 Å². The van der Waals surface area contributed by atoms with Crippen molar-refractivity contribution >= 4 is 45.5 Å². The van der Waals surface area contributed by atoms with Gasteiger partial charge in [-0.3, -0.25) is 0 Å². The molecule has 4 rings (SSSR count). The standard InChI is InChI=1S/C23H16ClN3OS/c1-14-3-5-15(6-4-14)21-13-29-23(27-21)18(12-25)10-17-9-16-7-8-19(28-2)11-20(16)26-22(17)24/h3-11,13H,1-2H3. The number of rotatable bonds is 4. The number of fused-ring (bicyclic) bond motifs is 1. The lowest BCUT2D eigenvalue weighted by molar-refractivity contribution is 0.415. The Morgan fingerprint density at radius 1 is 1.14 bits per heavy atom. The van der Waals surface area contributed by atoms with Gasteiger partial charge in [-0.05, 0) is 31.2 Å². The highest BCUT2D eigenvalue weighted by Gasteiger charge is 2.11. The van der Waals surface area contributed by atoms with Crippen LogP contribution in [0.25, 0.3) is 33.8 Å². The van der Waals surface area contributed by atoms with Crippen LogP contribution in [0.5, 0.6) is 5.75 Å². The minimum Gasteiger partial charge on any atom is -0.497 e. The monoisotopic (exact) mass is 417 g/mol. The average Bonchev–Trinajstić information content (AvgIpc) is 3.22. The first kappa shape index (κ1) is 19.1. The van der Waals surface area contributed by atoms with Crippen LogP contribution in [0.1, 0.15) is 16.1 Å². The Kier molecular flexibility index (Phi) is 5.30. The molecule has 2 aromatic carbocycles. The molecule has 0 radical (unpaired) electrons. The number of halogens is 1. The van der Waals surface area contributed by atoms with Crippen molar-refractivity contribution in [2.24, 2.45) is 0 Å². The Morgan fingerprint density at radius 3 is 2.66 bits per heavy atom. The predicted octanol–water partition coefficient (Wildman–Crippen LogP) is 6.39. The third kappa shape index (κ3) is 4.00. The molecule has 0 bridgehead atoms. The molecule has 2 aromatic heterocycles.